The van der Waals surface area contributed by atoms with Crippen molar-refractivity contribution in [1.29, 1.82) is 0 Å². The predicted octanol–water partition coefficient (Wildman–Crippen LogP) is 3.25. The maximum absolute atomic E-state index is 11.9. The van der Waals surface area contributed by atoms with Crippen molar-refractivity contribution in [2.24, 2.45) is 5.10 Å². The van der Waals surface area contributed by atoms with Crippen molar-refractivity contribution >= 4 is 34.7 Å². The normalized spacial score (nSPS) is 10.6. The number of benzene rings is 1. The Morgan fingerprint density at radius 1 is 1.38 bits per heavy atom. The molecule has 0 aliphatic heterocycles. The van der Waals surface area contributed by atoms with Crippen LogP contribution in [0.4, 0.5) is 0 Å². The van der Waals surface area contributed by atoms with Gasteiger partial charge in [-0.3, -0.25) is 9.78 Å². The second kappa shape index (κ2) is 9.21. The average molecular weight is 439 g/mol. The van der Waals surface area contributed by atoms with E-state index in [1.807, 2.05) is 19.1 Å². The molecule has 0 aliphatic carbocycles. The third-order valence-electron chi connectivity index (χ3n) is 3.02. The van der Waals surface area contributed by atoms with E-state index >= 15 is 0 Å². The quantitative estimate of drug-likeness (QED) is 0.409. The number of ether oxygens (including phenoxy) is 2. The van der Waals surface area contributed by atoms with Crippen LogP contribution in [0.25, 0.3) is 0 Å². The van der Waals surface area contributed by atoms with Gasteiger partial charge >= 0.3 is 0 Å². The van der Waals surface area contributed by atoms with Gasteiger partial charge in [-0.1, -0.05) is 6.92 Å². The second-order valence-electron chi connectivity index (χ2n) is 4.82. The van der Waals surface area contributed by atoms with Crippen molar-refractivity contribution in [3.05, 3.63) is 51.4 Å². The molecule has 1 N–H and O–H groups in total. The summed E-state index contributed by atoms with van der Waals surface area (Å²) in [4.78, 5) is 15.8. The van der Waals surface area contributed by atoms with E-state index in [9.17, 15) is 4.79 Å². The summed E-state index contributed by atoms with van der Waals surface area (Å²) in [5, 5.41) is 3.98. The Labute approximate surface area is 154 Å². The number of nitrogens with one attached hydrogen (secondary N) is 1. The number of carbonyl (C=O) groups excluding carboxylic acids is 1. The fourth-order valence-corrected chi connectivity index (χ4v) is 2.67. The van der Waals surface area contributed by atoms with E-state index in [-0.39, 0.29) is 5.91 Å². The highest BCUT2D eigenvalue weighted by Crippen LogP contribution is 2.33. The monoisotopic (exact) mass is 439 g/mol. The van der Waals surface area contributed by atoms with Crippen molar-refractivity contribution in [3.63, 3.8) is 0 Å². The standard InChI is InChI=1S/C17H18IN3O3/c1-3-8-24-16-14(18)9-12(10-15(16)23-2)11-20-21-17(22)13-4-6-19-7-5-13/h4-7,9-11H,3,8H2,1-2H3,(H,21,22)/b20-11+. The number of aromatic nitrogens is 1. The van der Waals surface area contributed by atoms with E-state index in [0.717, 1.165) is 21.3 Å². The number of hydrazone groups is 1. The van der Waals surface area contributed by atoms with Crippen LogP contribution in [-0.4, -0.2) is 30.8 Å². The molecule has 1 aromatic heterocycles. The van der Waals surface area contributed by atoms with Crippen LogP contribution < -0.4 is 14.9 Å². The highest BCUT2D eigenvalue weighted by atomic mass is 127. The number of pyridine rings is 1. The molecule has 126 valence electrons. The van der Waals surface area contributed by atoms with E-state index in [2.05, 4.69) is 38.1 Å². The number of amides is 1. The predicted molar refractivity (Wildman–Crippen MR) is 101 cm³/mol. The molecule has 0 spiro atoms. The van der Waals surface area contributed by atoms with Crippen LogP contribution in [0.2, 0.25) is 0 Å². The van der Waals surface area contributed by atoms with E-state index in [0.29, 0.717) is 17.9 Å². The van der Waals surface area contributed by atoms with Gasteiger partial charge in [-0.05, 0) is 58.8 Å². The molecule has 0 atom stereocenters. The molecule has 0 radical (unpaired) electrons. The summed E-state index contributed by atoms with van der Waals surface area (Å²) in [6, 6.07) is 6.97. The molecule has 6 nitrogen and oxygen atoms in total. The van der Waals surface area contributed by atoms with Gasteiger partial charge in [0.1, 0.15) is 0 Å². The molecule has 0 bridgehead atoms. The van der Waals surface area contributed by atoms with Crippen molar-refractivity contribution in [1.82, 2.24) is 10.4 Å². The molecule has 1 heterocycles. The summed E-state index contributed by atoms with van der Waals surface area (Å²) in [5.74, 6) is 1.06. The number of carbonyl (C=O) groups is 1. The van der Waals surface area contributed by atoms with Crippen molar-refractivity contribution in [2.75, 3.05) is 13.7 Å². The van der Waals surface area contributed by atoms with E-state index < -0.39 is 0 Å². The summed E-state index contributed by atoms with van der Waals surface area (Å²) < 4.78 is 12.0. The molecule has 0 saturated heterocycles. The van der Waals surface area contributed by atoms with Crippen LogP contribution >= 0.6 is 22.6 Å². The maximum Gasteiger partial charge on any atom is 0.271 e. The maximum atomic E-state index is 11.9. The molecule has 0 unspecified atom stereocenters. The molecule has 0 fully saturated rings. The van der Waals surface area contributed by atoms with Crippen LogP contribution in [0, 0.1) is 3.57 Å². The minimum atomic E-state index is -0.293. The lowest BCUT2D eigenvalue weighted by molar-refractivity contribution is 0.0955. The molecule has 2 aromatic rings. The highest BCUT2D eigenvalue weighted by Gasteiger charge is 2.11. The number of hydrogen-bond donors (Lipinski definition) is 1. The SMILES string of the molecule is CCCOc1c(I)cc(/C=N/NC(=O)c2ccncc2)cc1OC. The Balaban J connectivity index is 2.09. The third-order valence-corrected chi connectivity index (χ3v) is 3.83. The summed E-state index contributed by atoms with van der Waals surface area (Å²) in [7, 11) is 1.59. The summed E-state index contributed by atoms with van der Waals surface area (Å²) in [6.45, 7) is 2.67. The van der Waals surface area contributed by atoms with Gasteiger partial charge in [-0.25, -0.2) is 5.43 Å². The smallest absolute Gasteiger partial charge is 0.271 e. The summed E-state index contributed by atoms with van der Waals surface area (Å²) in [6.07, 6.45) is 5.60. The largest absolute Gasteiger partial charge is 0.493 e. The number of halogens is 1. The molecule has 0 saturated carbocycles. The molecule has 2 rings (SSSR count). The van der Waals surface area contributed by atoms with Crippen LogP contribution in [0.1, 0.15) is 29.3 Å². The van der Waals surface area contributed by atoms with Crippen molar-refractivity contribution in [3.8, 4) is 11.5 Å². The van der Waals surface area contributed by atoms with Crippen LogP contribution in [0.5, 0.6) is 11.5 Å². The van der Waals surface area contributed by atoms with Gasteiger partial charge in [0.25, 0.3) is 5.91 Å². The van der Waals surface area contributed by atoms with E-state index in [1.54, 1.807) is 37.9 Å². The number of nitrogens with zero attached hydrogens (tertiary/aromatic N) is 2. The fourth-order valence-electron chi connectivity index (χ4n) is 1.89. The minimum absolute atomic E-state index is 0.293. The second-order valence-corrected chi connectivity index (χ2v) is 5.98. The molecule has 1 aromatic carbocycles. The Kier molecular flexibility index (Phi) is 6.98. The molecular formula is C17H18IN3O3. The van der Waals surface area contributed by atoms with Gasteiger partial charge in [0, 0.05) is 18.0 Å². The first-order valence-corrected chi connectivity index (χ1v) is 8.47. The summed E-state index contributed by atoms with van der Waals surface area (Å²) >= 11 is 2.19. The van der Waals surface area contributed by atoms with Crippen LogP contribution in [0.15, 0.2) is 41.8 Å². The fraction of sp³-hybridized carbons (Fsp3) is 0.235. The van der Waals surface area contributed by atoms with Crippen LogP contribution in [-0.2, 0) is 0 Å². The first kappa shape index (κ1) is 18.2. The Bertz CT molecular complexity index is 721. The minimum Gasteiger partial charge on any atom is -0.493 e. The lowest BCUT2D eigenvalue weighted by Crippen LogP contribution is -2.17. The molecule has 0 aliphatic rings. The number of methoxy groups -OCH3 is 1. The first-order valence-electron chi connectivity index (χ1n) is 7.39. The van der Waals surface area contributed by atoms with Crippen LogP contribution in [0.3, 0.4) is 0 Å². The number of rotatable bonds is 7. The zero-order valence-electron chi connectivity index (χ0n) is 13.5. The first-order chi connectivity index (χ1) is 11.7. The lowest BCUT2D eigenvalue weighted by atomic mass is 10.2. The Morgan fingerprint density at radius 2 is 2.12 bits per heavy atom. The summed E-state index contributed by atoms with van der Waals surface area (Å²) in [5.41, 5.74) is 3.78. The Morgan fingerprint density at radius 3 is 2.79 bits per heavy atom. The zero-order valence-corrected chi connectivity index (χ0v) is 15.6. The van der Waals surface area contributed by atoms with Crippen molar-refractivity contribution < 1.29 is 14.3 Å². The van der Waals surface area contributed by atoms with Gasteiger partial charge in [-0.15, -0.1) is 0 Å². The topological polar surface area (TPSA) is 72.8 Å². The van der Waals surface area contributed by atoms with Crippen molar-refractivity contribution in [2.45, 2.75) is 13.3 Å². The molecule has 7 heteroatoms. The third kappa shape index (κ3) is 4.92. The highest BCUT2D eigenvalue weighted by molar-refractivity contribution is 14.1. The average Bonchev–Trinajstić information content (AvgIpc) is 2.61. The van der Waals surface area contributed by atoms with E-state index in [4.69, 9.17) is 9.47 Å². The van der Waals surface area contributed by atoms with Gasteiger partial charge < -0.3 is 9.47 Å². The van der Waals surface area contributed by atoms with Gasteiger partial charge in [0.05, 0.1) is 23.5 Å². The van der Waals surface area contributed by atoms with Gasteiger partial charge in [-0.2, -0.15) is 5.10 Å². The zero-order chi connectivity index (χ0) is 17.4. The Hall–Kier alpha value is -2.16. The molecular weight excluding hydrogens is 421 g/mol. The van der Waals surface area contributed by atoms with E-state index in [1.165, 1.54) is 0 Å². The number of hydrogen-bond acceptors (Lipinski definition) is 5. The van der Waals surface area contributed by atoms with Gasteiger partial charge in [0.15, 0.2) is 11.5 Å². The molecule has 24 heavy (non-hydrogen) atoms. The van der Waals surface area contributed by atoms with Gasteiger partial charge in [0.2, 0.25) is 0 Å². The molecule has 1 amide bonds. The lowest BCUT2D eigenvalue weighted by Gasteiger charge is -2.12.